The van der Waals surface area contributed by atoms with Gasteiger partial charge >= 0.3 is 0 Å². The average Bonchev–Trinajstić information content (AvgIpc) is 3.40. The molecule has 1 N–H and O–H groups in total. The van der Waals surface area contributed by atoms with Crippen LogP contribution in [0.1, 0.15) is 43.6 Å². The minimum absolute atomic E-state index is 0.778. The Morgan fingerprint density at radius 3 is 2.80 bits per heavy atom. The van der Waals surface area contributed by atoms with Crippen LogP contribution in [0.2, 0.25) is 0 Å². The number of H-pyrrole nitrogens is 1. The average molecular weight is 353 g/mol. The van der Waals surface area contributed by atoms with Gasteiger partial charge in [-0.15, -0.1) is 5.10 Å². The molecular formula is C19H23N5S. The fourth-order valence-electron chi connectivity index (χ4n) is 3.40. The van der Waals surface area contributed by atoms with Crippen LogP contribution in [-0.2, 0) is 12.2 Å². The van der Waals surface area contributed by atoms with Crippen LogP contribution in [0.15, 0.2) is 47.8 Å². The molecule has 0 amide bonds. The quantitative estimate of drug-likeness (QED) is 0.639. The third kappa shape index (κ3) is 4.31. The van der Waals surface area contributed by atoms with Gasteiger partial charge in [0.2, 0.25) is 5.16 Å². The number of hydrogen-bond donors (Lipinski definition) is 1. The number of aromatic nitrogens is 5. The van der Waals surface area contributed by atoms with E-state index in [-0.39, 0.29) is 0 Å². The van der Waals surface area contributed by atoms with Gasteiger partial charge in [-0.05, 0) is 30.5 Å². The van der Waals surface area contributed by atoms with Crippen LogP contribution < -0.4 is 0 Å². The van der Waals surface area contributed by atoms with Crippen molar-refractivity contribution in [3.05, 3.63) is 54.1 Å². The summed E-state index contributed by atoms with van der Waals surface area (Å²) in [5.74, 6) is 2.69. The molecule has 3 aromatic rings. The Balaban J connectivity index is 1.29. The van der Waals surface area contributed by atoms with Gasteiger partial charge in [-0.2, -0.15) is 5.10 Å². The van der Waals surface area contributed by atoms with E-state index < -0.39 is 0 Å². The third-order valence-electron chi connectivity index (χ3n) is 4.79. The van der Waals surface area contributed by atoms with Crippen LogP contribution >= 0.6 is 11.8 Å². The Kier molecular flexibility index (Phi) is 5.16. The Bertz CT molecular complexity index is 789. The minimum atomic E-state index is 0.778. The predicted molar refractivity (Wildman–Crippen MR) is 99.8 cm³/mol. The van der Waals surface area contributed by atoms with Crippen molar-refractivity contribution in [1.29, 1.82) is 0 Å². The summed E-state index contributed by atoms with van der Waals surface area (Å²) >= 11 is 1.63. The van der Waals surface area contributed by atoms with Crippen molar-refractivity contribution in [3.63, 3.8) is 0 Å². The Hall–Kier alpha value is -2.08. The number of benzene rings is 1. The molecule has 6 heteroatoms. The van der Waals surface area contributed by atoms with Crippen LogP contribution in [0, 0.1) is 5.92 Å². The molecule has 0 saturated heterocycles. The van der Waals surface area contributed by atoms with Gasteiger partial charge in [-0.25, -0.2) is 9.67 Å². The molecule has 2 aromatic heterocycles. The van der Waals surface area contributed by atoms with Crippen LogP contribution in [0.25, 0.3) is 5.69 Å². The highest BCUT2D eigenvalue weighted by Gasteiger charge is 2.15. The molecular weight excluding hydrogens is 330 g/mol. The summed E-state index contributed by atoms with van der Waals surface area (Å²) in [6.45, 7) is 0. The minimum Gasteiger partial charge on any atom is -0.262 e. The largest absolute Gasteiger partial charge is 0.262 e. The first-order chi connectivity index (χ1) is 12.4. The number of rotatable bonds is 7. The SMILES string of the molecule is c1ccc(-n2ccc(CSc3n[nH]c(CCC4CCCC4)n3)n2)cc1. The van der Waals surface area contributed by atoms with Gasteiger partial charge in [0.1, 0.15) is 5.82 Å². The summed E-state index contributed by atoms with van der Waals surface area (Å²) < 4.78 is 1.90. The highest BCUT2D eigenvalue weighted by molar-refractivity contribution is 7.98. The van der Waals surface area contributed by atoms with Crippen LogP contribution in [-0.4, -0.2) is 25.0 Å². The maximum atomic E-state index is 4.62. The lowest BCUT2D eigenvalue weighted by atomic mass is 10.0. The summed E-state index contributed by atoms with van der Waals surface area (Å²) in [5.41, 5.74) is 2.11. The summed E-state index contributed by atoms with van der Waals surface area (Å²) in [5, 5.41) is 12.9. The Morgan fingerprint density at radius 2 is 1.96 bits per heavy atom. The third-order valence-corrected chi connectivity index (χ3v) is 5.67. The topological polar surface area (TPSA) is 59.4 Å². The molecule has 0 spiro atoms. The lowest BCUT2D eigenvalue weighted by Crippen LogP contribution is -1.97. The second-order valence-electron chi connectivity index (χ2n) is 6.63. The van der Waals surface area contributed by atoms with Crippen LogP contribution in [0.3, 0.4) is 0 Å². The standard InChI is InChI=1S/C19H23N5S/c1-2-8-17(9-3-1)24-13-12-16(23-24)14-25-19-20-18(21-22-19)11-10-15-6-4-5-7-15/h1-3,8-9,12-13,15H,4-7,10-11,14H2,(H,20,21,22). The molecule has 0 atom stereocenters. The first-order valence-corrected chi connectivity index (χ1v) is 9.99. The van der Waals surface area contributed by atoms with Crippen molar-refractivity contribution in [2.45, 2.75) is 49.4 Å². The van der Waals surface area contributed by atoms with Crippen molar-refractivity contribution in [3.8, 4) is 5.69 Å². The van der Waals surface area contributed by atoms with E-state index in [0.29, 0.717) is 0 Å². The normalized spacial score (nSPS) is 15.0. The predicted octanol–water partition coefficient (Wildman–Crippen LogP) is 4.41. The highest BCUT2D eigenvalue weighted by Crippen LogP contribution is 2.28. The zero-order valence-electron chi connectivity index (χ0n) is 14.3. The molecule has 130 valence electrons. The van der Waals surface area contributed by atoms with E-state index in [1.165, 1.54) is 32.1 Å². The van der Waals surface area contributed by atoms with Gasteiger partial charge in [0, 0.05) is 18.4 Å². The van der Waals surface area contributed by atoms with E-state index in [4.69, 9.17) is 0 Å². The first kappa shape index (κ1) is 16.4. The number of hydrogen-bond acceptors (Lipinski definition) is 4. The van der Waals surface area contributed by atoms with Gasteiger partial charge in [0.05, 0.1) is 11.4 Å². The number of thioether (sulfide) groups is 1. The molecule has 1 saturated carbocycles. The van der Waals surface area contributed by atoms with Gasteiger partial charge < -0.3 is 0 Å². The molecule has 0 radical (unpaired) electrons. The number of nitrogens with one attached hydrogen (secondary N) is 1. The number of aromatic amines is 1. The fraction of sp³-hybridized carbons (Fsp3) is 0.421. The lowest BCUT2D eigenvalue weighted by molar-refractivity contribution is 0.497. The van der Waals surface area contributed by atoms with E-state index in [2.05, 4.69) is 32.4 Å². The molecule has 1 aromatic carbocycles. The smallest absolute Gasteiger partial charge is 0.208 e. The maximum absolute atomic E-state index is 4.62. The lowest BCUT2D eigenvalue weighted by Gasteiger charge is -2.05. The number of aryl methyl sites for hydroxylation is 1. The van der Waals surface area contributed by atoms with Gasteiger partial charge in [0.25, 0.3) is 0 Å². The highest BCUT2D eigenvalue weighted by atomic mass is 32.2. The number of para-hydroxylation sites is 1. The van der Waals surface area contributed by atoms with Gasteiger partial charge in [0.15, 0.2) is 0 Å². The molecule has 5 nitrogen and oxygen atoms in total. The van der Waals surface area contributed by atoms with E-state index >= 15 is 0 Å². The van der Waals surface area contributed by atoms with Crippen molar-refractivity contribution in [2.24, 2.45) is 5.92 Å². The zero-order chi connectivity index (χ0) is 16.9. The van der Waals surface area contributed by atoms with Crippen molar-refractivity contribution < 1.29 is 0 Å². The zero-order valence-corrected chi connectivity index (χ0v) is 15.1. The second kappa shape index (κ2) is 7.87. The molecule has 1 fully saturated rings. The molecule has 0 unspecified atom stereocenters. The molecule has 2 heterocycles. The van der Waals surface area contributed by atoms with Gasteiger partial charge in [-0.1, -0.05) is 55.6 Å². The van der Waals surface area contributed by atoms with Crippen LogP contribution in [0.5, 0.6) is 0 Å². The summed E-state index contributed by atoms with van der Waals surface area (Å²) in [6, 6.07) is 12.2. The van der Waals surface area contributed by atoms with E-state index in [1.807, 2.05) is 35.1 Å². The summed E-state index contributed by atoms with van der Waals surface area (Å²) in [4.78, 5) is 4.61. The van der Waals surface area contributed by atoms with Crippen LogP contribution in [0.4, 0.5) is 0 Å². The molecule has 25 heavy (non-hydrogen) atoms. The molecule has 0 bridgehead atoms. The van der Waals surface area contributed by atoms with Crippen molar-refractivity contribution in [2.75, 3.05) is 0 Å². The molecule has 4 rings (SSSR count). The summed E-state index contributed by atoms with van der Waals surface area (Å²) in [6.07, 6.45) is 9.83. The Labute approximate surface area is 152 Å². The van der Waals surface area contributed by atoms with E-state index in [1.54, 1.807) is 11.8 Å². The monoisotopic (exact) mass is 353 g/mol. The van der Waals surface area contributed by atoms with Crippen molar-refractivity contribution >= 4 is 11.8 Å². The fourth-order valence-corrected chi connectivity index (χ4v) is 4.11. The maximum Gasteiger partial charge on any atom is 0.208 e. The molecule has 1 aliphatic carbocycles. The molecule has 1 aliphatic rings. The number of nitrogens with zero attached hydrogens (tertiary/aromatic N) is 4. The van der Waals surface area contributed by atoms with Gasteiger partial charge in [-0.3, -0.25) is 5.10 Å². The Morgan fingerprint density at radius 1 is 1.12 bits per heavy atom. The van der Waals surface area contributed by atoms with E-state index in [0.717, 1.165) is 40.5 Å². The van der Waals surface area contributed by atoms with E-state index in [9.17, 15) is 0 Å². The molecule has 0 aliphatic heterocycles. The van der Waals surface area contributed by atoms with Crippen molar-refractivity contribution in [1.82, 2.24) is 25.0 Å². The second-order valence-corrected chi connectivity index (χ2v) is 7.57. The summed E-state index contributed by atoms with van der Waals surface area (Å²) in [7, 11) is 0. The first-order valence-electron chi connectivity index (χ1n) is 9.01.